The standard InChI is InChI=1S/C21H26N4O5/c1-27-17-11-15(12-18(13-17)28-2)21(26)25-6-3-16(14-25)30-20-19(22-4-5-23-20)24-7-9-29-10-8-24/h4-5,11-13,16H,3,6-10,14H2,1-2H3. The number of amides is 1. The highest BCUT2D eigenvalue weighted by molar-refractivity contribution is 5.95. The second-order valence-electron chi connectivity index (χ2n) is 7.17. The van der Waals surface area contributed by atoms with Crippen LogP contribution in [0.15, 0.2) is 30.6 Å². The van der Waals surface area contributed by atoms with Crippen molar-refractivity contribution < 1.29 is 23.7 Å². The minimum atomic E-state index is -0.141. The molecule has 2 aliphatic rings. The first-order chi connectivity index (χ1) is 14.7. The van der Waals surface area contributed by atoms with E-state index in [2.05, 4.69) is 14.9 Å². The monoisotopic (exact) mass is 414 g/mol. The summed E-state index contributed by atoms with van der Waals surface area (Å²) in [7, 11) is 3.13. The molecule has 2 saturated heterocycles. The lowest BCUT2D eigenvalue weighted by Crippen LogP contribution is -2.37. The number of carbonyl (C=O) groups excluding carboxylic acids is 1. The summed E-state index contributed by atoms with van der Waals surface area (Å²) in [4.78, 5) is 25.7. The Hall–Kier alpha value is -3.07. The zero-order chi connectivity index (χ0) is 20.9. The normalized spacial score (nSPS) is 18.9. The number of morpholine rings is 1. The van der Waals surface area contributed by atoms with Gasteiger partial charge < -0.3 is 28.7 Å². The number of aromatic nitrogens is 2. The molecule has 1 unspecified atom stereocenters. The third-order valence-electron chi connectivity index (χ3n) is 5.27. The van der Waals surface area contributed by atoms with Gasteiger partial charge in [-0.25, -0.2) is 9.97 Å². The third kappa shape index (κ3) is 4.40. The second-order valence-corrected chi connectivity index (χ2v) is 7.17. The average molecular weight is 414 g/mol. The number of methoxy groups -OCH3 is 2. The van der Waals surface area contributed by atoms with Crippen LogP contribution >= 0.6 is 0 Å². The van der Waals surface area contributed by atoms with E-state index in [-0.39, 0.29) is 12.0 Å². The fraction of sp³-hybridized carbons (Fsp3) is 0.476. The predicted octanol–water partition coefficient (Wildman–Crippen LogP) is 1.62. The molecule has 9 heteroatoms. The Morgan fingerprint density at radius 2 is 1.73 bits per heavy atom. The molecule has 1 atom stereocenters. The molecule has 0 radical (unpaired) electrons. The van der Waals surface area contributed by atoms with E-state index in [0.717, 1.165) is 25.3 Å². The molecule has 1 aromatic carbocycles. The molecule has 9 nitrogen and oxygen atoms in total. The summed E-state index contributed by atoms with van der Waals surface area (Å²) in [5, 5.41) is 0. The van der Waals surface area contributed by atoms with Crippen LogP contribution < -0.4 is 19.1 Å². The SMILES string of the molecule is COc1cc(OC)cc(C(=O)N2CCC(Oc3nccnc3N3CCOCC3)C2)c1. The third-order valence-corrected chi connectivity index (χ3v) is 5.27. The smallest absolute Gasteiger partial charge is 0.257 e. The van der Waals surface area contributed by atoms with Gasteiger partial charge in [0, 0.05) is 50.1 Å². The minimum Gasteiger partial charge on any atom is -0.497 e. The molecule has 2 aliphatic heterocycles. The zero-order valence-corrected chi connectivity index (χ0v) is 17.2. The summed E-state index contributed by atoms with van der Waals surface area (Å²) in [5.74, 6) is 2.31. The van der Waals surface area contributed by atoms with E-state index in [4.69, 9.17) is 18.9 Å². The number of carbonyl (C=O) groups is 1. The minimum absolute atomic E-state index is 0.0779. The van der Waals surface area contributed by atoms with Crippen molar-refractivity contribution in [2.75, 3.05) is 58.5 Å². The van der Waals surface area contributed by atoms with E-state index in [0.29, 0.717) is 49.2 Å². The van der Waals surface area contributed by atoms with Crippen molar-refractivity contribution in [1.82, 2.24) is 14.9 Å². The summed E-state index contributed by atoms with van der Waals surface area (Å²) in [6, 6.07) is 5.18. The van der Waals surface area contributed by atoms with Crippen LogP contribution in [0.3, 0.4) is 0 Å². The number of nitrogens with zero attached hydrogens (tertiary/aromatic N) is 4. The number of rotatable bonds is 6. The molecule has 3 heterocycles. The van der Waals surface area contributed by atoms with E-state index in [1.54, 1.807) is 49.7 Å². The van der Waals surface area contributed by atoms with Gasteiger partial charge in [0.1, 0.15) is 17.6 Å². The Bertz CT molecular complexity index is 865. The van der Waals surface area contributed by atoms with Gasteiger partial charge in [-0.1, -0.05) is 0 Å². The second kappa shape index (κ2) is 9.17. The maximum atomic E-state index is 13.0. The Balaban J connectivity index is 1.44. The molecule has 160 valence electrons. The van der Waals surface area contributed by atoms with Crippen molar-refractivity contribution in [3.63, 3.8) is 0 Å². The Kier molecular flexibility index (Phi) is 6.18. The van der Waals surface area contributed by atoms with E-state index < -0.39 is 0 Å². The van der Waals surface area contributed by atoms with Gasteiger partial charge >= 0.3 is 0 Å². The van der Waals surface area contributed by atoms with Crippen LogP contribution in [0, 0.1) is 0 Å². The Morgan fingerprint density at radius 1 is 1.03 bits per heavy atom. The molecule has 0 bridgehead atoms. The van der Waals surface area contributed by atoms with Crippen LogP contribution in [0.1, 0.15) is 16.8 Å². The molecule has 0 spiro atoms. The largest absolute Gasteiger partial charge is 0.497 e. The lowest BCUT2D eigenvalue weighted by Gasteiger charge is -2.29. The molecule has 0 N–H and O–H groups in total. The fourth-order valence-corrected chi connectivity index (χ4v) is 3.67. The van der Waals surface area contributed by atoms with Crippen LogP contribution in [0.4, 0.5) is 5.82 Å². The van der Waals surface area contributed by atoms with Crippen molar-refractivity contribution in [2.45, 2.75) is 12.5 Å². The van der Waals surface area contributed by atoms with Crippen LogP contribution in [-0.2, 0) is 4.74 Å². The van der Waals surface area contributed by atoms with Crippen molar-refractivity contribution in [3.05, 3.63) is 36.2 Å². The van der Waals surface area contributed by atoms with Crippen LogP contribution in [0.5, 0.6) is 17.4 Å². The highest BCUT2D eigenvalue weighted by Gasteiger charge is 2.30. The Morgan fingerprint density at radius 3 is 2.43 bits per heavy atom. The van der Waals surface area contributed by atoms with Crippen molar-refractivity contribution in [2.24, 2.45) is 0 Å². The van der Waals surface area contributed by atoms with E-state index in [9.17, 15) is 4.79 Å². The highest BCUT2D eigenvalue weighted by Crippen LogP contribution is 2.28. The van der Waals surface area contributed by atoms with Crippen molar-refractivity contribution >= 4 is 11.7 Å². The zero-order valence-electron chi connectivity index (χ0n) is 17.2. The Labute approximate surface area is 175 Å². The molecular formula is C21H26N4O5. The molecule has 2 fully saturated rings. The number of hydrogen-bond donors (Lipinski definition) is 0. The first-order valence-corrected chi connectivity index (χ1v) is 10.0. The van der Waals surface area contributed by atoms with Crippen LogP contribution in [-0.4, -0.2) is 80.5 Å². The quantitative estimate of drug-likeness (QED) is 0.705. The van der Waals surface area contributed by atoms with Gasteiger partial charge in [-0.2, -0.15) is 0 Å². The lowest BCUT2D eigenvalue weighted by molar-refractivity contribution is 0.0770. The molecule has 4 rings (SSSR count). The number of benzene rings is 1. The number of ether oxygens (including phenoxy) is 4. The number of anilines is 1. The molecule has 30 heavy (non-hydrogen) atoms. The summed E-state index contributed by atoms with van der Waals surface area (Å²) >= 11 is 0. The van der Waals surface area contributed by atoms with Crippen LogP contribution in [0.2, 0.25) is 0 Å². The van der Waals surface area contributed by atoms with Gasteiger partial charge in [0.25, 0.3) is 11.8 Å². The molecule has 1 aromatic heterocycles. The predicted molar refractivity (Wildman–Crippen MR) is 110 cm³/mol. The maximum absolute atomic E-state index is 13.0. The molecule has 1 amide bonds. The highest BCUT2D eigenvalue weighted by atomic mass is 16.5. The van der Waals surface area contributed by atoms with Gasteiger partial charge in [-0.15, -0.1) is 0 Å². The van der Waals surface area contributed by atoms with Gasteiger partial charge in [-0.05, 0) is 12.1 Å². The summed E-state index contributed by atoms with van der Waals surface area (Å²) in [5.41, 5.74) is 0.528. The lowest BCUT2D eigenvalue weighted by atomic mass is 10.1. The van der Waals surface area contributed by atoms with E-state index in [1.807, 2.05) is 0 Å². The topological polar surface area (TPSA) is 86.2 Å². The van der Waals surface area contributed by atoms with Crippen molar-refractivity contribution in [3.8, 4) is 17.4 Å². The first kappa shape index (κ1) is 20.2. The average Bonchev–Trinajstić information content (AvgIpc) is 3.27. The van der Waals surface area contributed by atoms with Gasteiger partial charge in [0.05, 0.1) is 34.0 Å². The van der Waals surface area contributed by atoms with Crippen molar-refractivity contribution in [1.29, 1.82) is 0 Å². The first-order valence-electron chi connectivity index (χ1n) is 10.0. The number of hydrogen-bond acceptors (Lipinski definition) is 8. The molecular weight excluding hydrogens is 388 g/mol. The summed E-state index contributed by atoms with van der Waals surface area (Å²) < 4.78 is 22.1. The van der Waals surface area contributed by atoms with Gasteiger partial charge in [-0.3, -0.25) is 4.79 Å². The summed E-state index contributed by atoms with van der Waals surface area (Å²) in [6.07, 6.45) is 3.88. The summed E-state index contributed by atoms with van der Waals surface area (Å²) in [6.45, 7) is 3.91. The van der Waals surface area contributed by atoms with Crippen LogP contribution in [0.25, 0.3) is 0 Å². The van der Waals surface area contributed by atoms with E-state index in [1.165, 1.54) is 0 Å². The number of likely N-dealkylation sites (tertiary alicyclic amines) is 1. The molecule has 2 aromatic rings. The van der Waals surface area contributed by atoms with Gasteiger partial charge in [0.2, 0.25) is 0 Å². The fourth-order valence-electron chi connectivity index (χ4n) is 3.67. The van der Waals surface area contributed by atoms with Gasteiger partial charge in [0.15, 0.2) is 5.82 Å². The molecule has 0 saturated carbocycles. The van der Waals surface area contributed by atoms with E-state index >= 15 is 0 Å². The molecule has 0 aliphatic carbocycles. The maximum Gasteiger partial charge on any atom is 0.257 e.